The zero-order valence-electron chi connectivity index (χ0n) is 18.0. The molecule has 5 heterocycles. The van der Waals surface area contributed by atoms with E-state index in [1.54, 1.807) is 0 Å². The summed E-state index contributed by atoms with van der Waals surface area (Å²) >= 11 is 0. The van der Waals surface area contributed by atoms with Gasteiger partial charge in [0, 0.05) is 16.4 Å². The van der Waals surface area contributed by atoms with Gasteiger partial charge in [-0.1, -0.05) is 37.3 Å². The number of fused-ring (bicyclic) bond motifs is 6. The molecule has 4 nitrogen and oxygen atoms in total. The molecule has 1 atom stereocenters. The van der Waals surface area contributed by atoms with E-state index in [9.17, 15) is 0 Å². The van der Waals surface area contributed by atoms with Crippen LogP contribution in [-0.2, 0) is 12.0 Å². The second kappa shape index (κ2) is 7.34. The third kappa shape index (κ3) is 3.34. The lowest BCUT2D eigenvalue weighted by molar-refractivity contribution is 0.499. The second-order valence-corrected chi connectivity index (χ2v) is 8.51. The molecule has 1 aromatic carbocycles. The standard InChI is InChI=1S/C28H24N4/c1-2-19-5-3-4-6-27(19)28-14-13-25(32-28)17-24-10-9-21(30-24)15-20-7-8-22(29-20)16-23-11-12-26(18-28)31-23/h3-13,15-18,29,32H,2,14H2,1H3/b20-15-,22-16-,24-17-,26-18-. The van der Waals surface area contributed by atoms with Gasteiger partial charge in [-0.2, -0.15) is 0 Å². The van der Waals surface area contributed by atoms with Gasteiger partial charge < -0.3 is 10.3 Å². The highest BCUT2D eigenvalue weighted by atomic mass is 15.0. The molecule has 0 fully saturated rings. The Balaban J connectivity index is 1.54. The molecule has 0 radical (unpaired) electrons. The Morgan fingerprint density at radius 1 is 0.844 bits per heavy atom. The molecule has 4 heteroatoms. The molecular weight excluding hydrogens is 392 g/mol. The van der Waals surface area contributed by atoms with Crippen LogP contribution in [0.5, 0.6) is 0 Å². The van der Waals surface area contributed by atoms with E-state index in [4.69, 9.17) is 9.98 Å². The maximum Gasteiger partial charge on any atom is 0.0871 e. The van der Waals surface area contributed by atoms with Crippen molar-refractivity contribution >= 4 is 23.6 Å². The minimum absolute atomic E-state index is 0.338. The van der Waals surface area contributed by atoms with Gasteiger partial charge in [0.2, 0.25) is 0 Å². The van der Waals surface area contributed by atoms with Gasteiger partial charge in [-0.05, 0) is 84.7 Å². The van der Waals surface area contributed by atoms with Crippen molar-refractivity contribution in [2.24, 2.45) is 9.98 Å². The van der Waals surface area contributed by atoms with Gasteiger partial charge in [0.1, 0.15) is 0 Å². The first-order valence-electron chi connectivity index (χ1n) is 11.1. The Morgan fingerprint density at radius 3 is 2.34 bits per heavy atom. The highest BCUT2D eigenvalue weighted by molar-refractivity contribution is 6.20. The van der Waals surface area contributed by atoms with E-state index >= 15 is 0 Å². The number of nitrogens with one attached hydrogen (secondary N) is 2. The number of aromatic amines is 1. The first kappa shape index (κ1) is 18.8. The number of nitrogens with zero attached hydrogens (tertiary/aromatic N) is 2. The summed E-state index contributed by atoms with van der Waals surface area (Å²) in [7, 11) is 0. The number of hydrogen-bond donors (Lipinski definition) is 2. The molecule has 32 heavy (non-hydrogen) atoms. The van der Waals surface area contributed by atoms with E-state index in [2.05, 4.69) is 108 Å². The molecule has 0 spiro atoms. The van der Waals surface area contributed by atoms with Crippen molar-refractivity contribution in [1.82, 2.24) is 10.3 Å². The first-order valence-corrected chi connectivity index (χ1v) is 11.1. The summed E-state index contributed by atoms with van der Waals surface area (Å²) in [5.74, 6) is 0. The highest BCUT2D eigenvalue weighted by Gasteiger charge is 2.35. The zero-order valence-corrected chi connectivity index (χ0v) is 18.0. The van der Waals surface area contributed by atoms with Crippen molar-refractivity contribution in [3.8, 4) is 0 Å². The van der Waals surface area contributed by atoms with E-state index in [1.165, 1.54) is 11.1 Å². The fourth-order valence-corrected chi connectivity index (χ4v) is 4.78. The normalized spacial score (nSPS) is 28.2. The Labute approximate surface area is 187 Å². The smallest absolute Gasteiger partial charge is 0.0871 e. The molecular formula is C28H24N4. The molecule has 4 aliphatic heterocycles. The van der Waals surface area contributed by atoms with Crippen molar-refractivity contribution in [2.75, 3.05) is 0 Å². The fourth-order valence-electron chi connectivity index (χ4n) is 4.78. The number of hydrogen-bond acceptors (Lipinski definition) is 3. The molecule has 4 aliphatic rings. The van der Waals surface area contributed by atoms with Crippen LogP contribution in [0.2, 0.25) is 0 Å². The number of aryl methyl sites for hydroxylation is 1. The van der Waals surface area contributed by atoms with Crippen LogP contribution < -0.4 is 16.0 Å². The lowest BCUT2D eigenvalue weighted by Crippen LogP contribution is -2.36. The molecule has 0 aliphatic carbocycles. The fraction of sp³-hybridized carbons (Fsp3) is 0.143. The van der Waals surface area contributed by atoms with Crippen molar-refractivity contribution in [2.45, 2.75) is 25.3 Å². The van der Waals surface area contributed by atoms with Gasteiger partial charge in [-0.3, -0.25) is 0 Å². The summed E-state index contributed by atoms with van der Waals surface area (Å²) in [4.78, 5) is 13.1. The van der Waals surface area contributed by atoms with Crippen LogP contribution in [0.3, 0.4) is 0 Å². The van der Waals surface area contributed by atoms with Gasteiger partial charge >= 0.3 is 0 Å². The number of benzene rings is 1. The van der Waals surface area contributed by atoms with Gasteiger partial charge in [-0.25, -0.2) is 9.98 Å². The first-order chi connectivity index (χ1) is 15.7. The van der Waals surface area contributed by atoms with Gasteiger partial charge in [0.25, 0.3) is 0 Å². The predicted octanol–water partition coefficient (Wildman–Crippen LogP) is 3.71. The number of aromatic nitrogens is 1. The third-order valence-corrected chi connectivity index (χ3v) is 6.29. The van der Waals surface area contributed by atoms with Crippen LogP contribution in [0, 0.1) is 0 Å². The third-order valence-electron chi connectivity index (χ3n) is 6.29. The van der Waals surface area contributed by atoms with Gasteiger partial charge in [0.15, 0.2) is 0 Å². The van der Waals surface area contributed by atoms with Crippen molar-refractivity contribution in [3.05, 3.63) is 118 Å². The summed E-state index contributed by atoms with van der Waals surface area (Å²) in [6, 6.07) is 12.9. The van der Waals surface area contributed by atoms with Crippen LogP contribution in [0.15, 0.2) is 106 Å². The van der Waals surface area contributed by atoms with Crippen LogP contribution in [0.1, 0.15) is 24.5 Å². The largest absolute Gasteiger partial charge is 0.372 e. The van der Waals surface area contributed by atoms with E-state index in [-0.39, 0.29) is 5.54 Å². The molecule has 156 valence electrons. The molecule has 0 saturated heterocycles. The maximum absolute atomic E-state index is 4.90. The minimum Gasteiger partial charge on any atom is -0.372 e. The zero-order chi connectivity index (χ0) is 21.5. The van der Waals surface area contributed by atoms with Crippen LogP contribution in [0.25, 0.3) is 12.2 Å². The monoisotopic (exact) mass is 416 g/mol. The quantitative estimate of drug-likeness (QED) is 0.770. The second-order valence-electron chi connectivity index (χ2n) is 8.51. The molecule has 0 saturated carbocycles. The van der Waals surface area contributed by atoms with E-state index in [1.807, 2.05) is 0 Å². The SMILES string of the molecule is CCc1ccccc1C12/C=C3/C=CC(=N3)/C=c3/cc/c([nH]3)=C/C3=NC(=C\C(=CC1)N2)/C=C3. The predicted molar refractivity (Wildman–Crippen MR) is 132 cm³/mol. The van der Waals surface area contributed by atoms with E-state index in [0.717, 1.165) is 52.1 Å². The number of rotatable bonds is 2. The van der Waals surface area contributed by atoms with Gasteiger partial charge in [-0.15, -0.1) is 0 Å². The molecule has 1 aromatic heterocycles. The molecule has 2 aromatic rings. The average molecular weight is 417 g/mol. The summed E-state index contributed by atoms with van der Waals surface area (Å²) in [6.45, 7) is 2.21. The van der Waals surface area contributed by atoms with Gasteiger partial charge in [0.05, 0.1) is 28.4 Å². The maximum atomic E-state index is 4.90. The molecule has 8 bridgehead atoms. The summed E-state index contributed by atoms with van der Waals surface area (Å²) < 4.78 is 0. The lowest BCUT2D eigenvalue weighted by atomic mass is 9.83. The van der Waals surface area contributed by atoms with Crippen molar-refractivity contribution < 1.29 is 0 Å². The highest BCUT2D eigenvalue weighted by Crippen LogP contribution is 2.38. The number of allylic oxidation sites excluding steroid dienone is 5. The molecule has 0 amide bonds. The molecule has 1 unspecified atom stereocenters. The minimum atomic E-state index is -0.338. The van der Waals surface area contributed by atoms with Crippen LogP contribution in [-0.4, -0.2) is 16.4 Å². The Morgan fingerprint density at radius 2 is 1.56 bits per heavy atom. The summed E-state index contributed by atoms with van der Waals surface area (Å²) in [5, 5.41) is 5.87. The summed E-state index contributed by atoms with van der Waals surface area (Å²) in [5.41, 5.74) is 7.22. The Bertz CT molecular complexity index is 1450. The Hall–Kier alpha value is -3.92. The lowest BCUT2D eigenvalue weighted by Gasteiger charge is -2.31. The molecule has 6 rings (SSSR count). The van der Waals surface area contributed by atoms with Crippen molar-refractivity contribution in [3.63, 3.8) is 0 Å². The van der Waals surface area contributed by atoms with E-state index in [0.29, 0.717) is 0 Å². The van der Waals surface area contributed by atoms with Crippen LogP contribution in [0.4, 0.5) is 0 Å². The number of H-pyrrole nitrogens is 1. The van der Waals surface area contributed by atoms with Crippen molar-refractivity contribution in [1.29, 1.82) is 0 Å². The average Bonchev–Trinajstić information content (AvgIpc) is 3.59. The molecule has 2 N–H and O–H groups in total. The Kier molecular flexibility index (Phi) is 4.32. The topological polar surface area (TPSA) is 52.5 Å². The number of aliphatic imine (C=N–C) groups is 2. The summed E-state index contributed by atoms with van der Waals surface area (Å²) in [6.07, 6.45) is 21.0. The van der Waals surface area contributed by atoms with E-state index < -0.39 is 0 Å². The van der Waals surface area contributed by atoms with Crippen LogP contribution >= 0.6 is 0 Å².